The Morgan fingerprint density at radius 2 is 1.87 bits per heavy atom. The number of thiazole rings is 1. The average molecular weight is 540 g/mol. The van der Waals surface area contributed by atoms with Gasteiger partial charge in [-0.2, -0.15) is 0 Å². The van der Waals surface area contributed by atoms with Crippen LogP contribution in [0.4, 0.5) is 5.13 Å². The van der Waals surface area contributed by atoms with Crippen LogP contribution in [0.25, 0.3) is 11.3 Å². The van der Waals surface area contributed by atoms with Gasteiger partial charge in [0.05, 0.1) is 11.8 Å². The number of carbonyl (C=O) groups is 3. The van der Waals surface area contributed by atoms with Crippen molar-refractivity contribution >= 4 is 34.1 Å². The number of ether oxygens (including phenoxy) is 1. The minimum Gasteiger partial charge on any atom is -0.367 e. The number of rotatable bonds is 7. The number of amides is 2. The average Bonchev–Trinajstić information content (AvgIpc) is 3.62. The number of benzene rings is 1. The molecule has 2 aromatic rings. The maximum atomic E-state index is 13.6. The molecule has 204 valence electrons. The van der Waals surface area contributed by atoms with Gasteiger partial charge in [-0.05, 0) is 31.5 Å². The van der Waals surface area contributed by atoms with Gasteiger partial charge in [0.2, 0.25) is 5.91 Å². The summed E-state index contributed by atoms with van der Waals surface area (Å²) in [6.45, 7) is 10.5. The molecular formula is C28H37N5O4S. The van der Waals surface area contributed by atoms with Crippen molar-refractivity contribution in [3.05, 3.63) is 35.2 Å². The summed E-state index contributed by atoms with van der Waals surface area (Å²) < 4.78 is 5.64. The highest BCUT2D eigenvalue weighted by Crippen LogP contribution is 2.32. The van der Waals surface area contributed by atoms with Crippen LogP contribution in [0.15, 0.2) is 29.6 Å². The second kappa shape index (κ2) is 11.1. The molecule has 4 atom stereocenters. The van der Waals surface area contributed by atoms with Crippen molar-refractivity contribution in [3.63, 3.8) is 0 Å². The van der Waals surface area contributed by atoms with Crippen molar-refractivity contribution in [1.29, 1.82) is 0 Å². The molecule has 38 heavy (non-hydrogen) atoms. The van der Waals surface area contributed by atoms with Gasteiger partial charge in [-0.25, -0.2) is 4.98 Å². The summed E-state index contributed by atoms with van der Waals surface area (Å²) in [6.07, 6.45) is 0.241. The minimum absolute atomic E-state index is 0.0485. The molecule has 3 fully saturated rings. The second-order valence-corrected chi connectivity index (χ2v) is 12.0. The third kappa shape index (κ3) is 5.48. The van der Waals surface area contributed by atoms with E-state index in [1.165, 1.54) is 0 Å². The fourth-order valence-corrected chi connectivity index (χ4v) is 6.47. The first kappa shape index (κ1) is 26.8. The highest BCUT2D eigenvalue weighted by atomic mass is 32.1. The van der Waals surface area contributed by atoms with Crippen molar-refractivity contribution in [2.45, 2.75) is 45.4 Å². The third-order valence-electron chi connectivity index (χ3n) is 7.74. The van der Waals surface area contributed by atoms with E-state index < -0.39 is 12.1 Å². The number of likely N-dealkylation sites (N-methyl/N-ethyl adjacent to an activating group) is 1. The van der Waals surface area contributed by atoms with Crippen molar-refractivity contribution in [3.8, 4) is 11.3 Å². The minimum atomic E-state index is -0.703. The number of anilines is 1. The standard InChI is InChI=1S/C28H37N5O4S/c1-17(2)13-21(27(36)33-14-18(3)25-24(33)23(34)15-37-25)29-26(35)20-7-5-19(6-8-20)22-16-38-28(30-22)32-11-9-31(4)10-12-32/h5-8,16-18,21,24-25H,9-15H2,1-4H3,(H,29,35)/t18-,21?,24-,25-/m1/s1. The van der Waals surface area contributed by atoms with Crippen LogP contribution in [0, 0.1) is 11.8 Å². The van der Waals surface area contributed by atoms with Crippen LogP contribution in [-0.4, -0.2) is 96.9 Å². The summed E-state index contributed by atoms with van der Waals surface area (Å²) in [5.74, 6) is -0.292. The van der Waals surface area contributed by atoms with Gasteiger partial charge in [0.25, 0.3) is 5.91 Å². The molecule has 5 rings (SSSR count). The van der Waals surface area contributed by atoms with Gasteiger partial charge >= 0.3 is 0 Å². The monoisotopic (exact) mass is 539 g/mol. The molecule has 0 aliphatic carbocycles. The molecule has 0 radical (unpaired) electrons. The lowest BCUT2D eigenvalue weighted by Crippen LogP contribution is -2.52. The number of hydrogen-bond acceptors (Lipinski definition) is 8. The zero-order valence-corrected chi connectivity index (χ0v) is 23.4. The topological polar surface area (TPSA) is 95.1 Å². The summed E-state index contributed by atoms with van der Waals surface area (Å²) in [4.78, 5) is 50.3. The summed E-state index contributed by atoms with van der Waals surface area (Å²) in [5, 5.41) is 6.03. The van der Waals surface area contributed by atoms with Crippen molar-refractivity contribution in [2.24, 2.45) is 11.8 Å². The van der Waals surface area contributed by atoms with Gasteiger partial charge in [0, 0.05) is 55.1 Å². The lowest BCUT2D eigenvalue weighted by molar-refractivity contribution is -0.138. The van der Waals surface area contributed by atoms with Crippen LogP contribution in [-0.2, 0) is 14.3 Å². The molecule has 9 nitrogen and oxygen atoms in total. The van der Waals surface area contributed by atoms with Gasteiger partial charge in [-0.1, -0.05) is 32.9 Å². The second-order valence-electron chi connectivity index (χ2n) is 11.2. The normalized spacial score (nSPS) is 24.7. The first-order valence-corrected chi connectivity index (χ1v) is 14.3. The number of nitrogens with zero attached hydrogens (tertiary/aromatic N) is 4. The number of likely N-dealkylation sites (tertiary alicyclic amines) is 1. The number of aromatic nitrogens is 1. The maximum absolute atomic E-state index is 13.6. The lowest BCUT2D eigenvalue weighted by atomic mass is 10.0. The fraction of sp³-hybridized carbons (Fsp3) is 0.571. The Balaban J connectivity index is 1.26. The Morgan fingerprint density at radius 3 is 2.55 bits per heavy atom. The molecule has 1 N–H and O–H groups in total. The number of fused-ring (bicyclic) bond motifs is 1. The molecule has 0 spiro atoms. The Bertz CT molecular complexity index is 1170. The van der Waals surface area contributed by atoms with E-state index in [-0.39, 0.29) is 42.1 Å². The highest BCUT2D eigenvalue weighted by molar-refractivity contribution is 7.14. The van der Waals surface area contributed by atoms with Gasteiger partial charge in [-0.15, -0.1) is 11.3 Å². The Kier molecular flexibility index (Phi) is 7.83. The molecule has 1 aromatic heterocycles. The molecule has 0 saturated carbocycles. The van der Waals surface area contributed by atoms with Crippen LogP contribution in [0.1, 0.15) is 37.6 Å². The summed E-state index contributed by atoms with van der Waals surface area (Å²) >= 11 is 1.64. The van der Waals surface area contributed by atoms with Crippen LogP contribution >= 0.6 is 11.3 Å². The van der Waals surface area contributed by atoms with Crippen LogP contribution < -0.4 is 10.2 Å². The predicted octanol–water partition coefficient (Wildman–Crippen LogP) is 2.52. The first-order valence-electron chi connectivity index (χ1n) is 13.5. The first-order chi connectivity index (χ1) is 18.2. The highest BCUT2D eigenvalue weighted by Gasteiger charge is 2.51. The number of nitrogens with one attached hydrogen (secondary N) is 1. The van der Waals surface area contributed by atoms with E-state index in [9.17, 15) is 14.4 Å². The summed E-state index contributed by atoms with van der Waals surface area (Å²) in [6, 6.07) is 6.11. The van der Waals surface area contributed by atoms with Gasteiger partial charge in [0.1, 0.15) is 18.7 Å². The molecule has 10 heteroatoms. The van der Waals surface area contributed by atoms with Gasteiger partial charge in [0.15, 0.2) is 10.9 Å². The molecule has 3 aliphatic heterocycles. The zero-order valence-electron chi connectivity index (χ0n) is 22.6. The quantitative estimate of drug-likeness (QED) is 0.578. The summed E-state index contributed by atoms with van der Waals surface area (Å²) in [5.41, 5.74) is 2.33. The van der Waals surface area contributed by atoms with Crippen LogP contribution in [0.3, 0.4) is 0 Å². The van der Waals surface area contributed by atoms with Crippen molar-refractivity contribution in [2.75, 3.05) is 51.3 Å². The van der Waals surface area contributed by atoms with E-state index in [1.807, 2.05) is 32.9 Å². The Hall–Kier alpha value is -2.82. The third-order valence-corrected chi connectivity index (χ3v) is 8.64. The number of ketones is 1. The molecule has 3 saturated heterocycles. The SMILES string of the molecule is CC(C)CC(NC(=O)c1ccc(-c2csc(N3CCN(C)CC3)n2)cc1)C(=O)N1C[C@@H](C)[C@H]2OCC(=O)[C@H]21. The molecular weight excluding hydrogens is 502 g/mol. The lowest BCUT2D eigenvalue weighted by Gasteiger charge is -2.32. The number of piperazine rings is 1. The van der Waals surface area contributed by atoms with Crippen LogP contribution in [0.5, 0.6) is 0 Å². The van der Waals surface area contributed by atoms with Gasteiger partial charge < -0.3 is 24.8 Å². The molecule has 0 bridgehead atoms. The molecule has 4 heterocycles. The Labute approximate surface area is 228 Å². The number of carbonyl (C=O) groups excluding carboxylic acids is 3. The van der Waals surface area contributed by atoms with E-state index in [1.54, 1.807) is 28.4 Å². The molecule has 2 amide bonds. The van der Waals surface area contributed by atoms with E-state index in [0.29, 0.717) is 18.5 Å². The molecule has 3 aliphatic rings. The maximum Gasteiger partial charge on any atom is 0.251 e. The van der Waals surface area contributed by atoms with Gasteiger partial charge in [-0.3, -0.25) is 14.4 Å². The van der Waals surface area contributed by atoms with Crippen LogP contribution in [0.2, 0.25) is 0 Å². The summed E-state index contributed by atoms with van der Waals surface area (Å²) in [7, 11) is 2.14. The van der Waals surface area contributed by atoms with E-state index in [0.717, 1.165) is 42.6 Å². The number of Topliss-reactive ketones (excluding diaryl/α,β-unsaturated/α-hetero) is 1. The van der Waals surface area contributed by atoms with E-state index in [4.69, 9.17) is 9.72 Å². The molecule has 1 unspecified atom stereocenters. The molecule has 1 aromatic carbocycles. The van der Waals surface area contributed by atoms with Crippen molar-refractivity contribution in [1.82, 2.24) is 20.1 Å². The number of hydrogen-bond donors (Lipinski definition) is 1. The van der Waals surface area contributed by atoms with E-state index in [2.05, 4.69) is 27.5 Å². The predicted molar refractivity (Wildman–Crippen MR) is 147 cm³/mol. The smallest absolute Gasteiger partial charge is 0.251 e. The fourth-order valence-electron chi connectivity index (χ4n) is 5.59. The van der Waals surface area contributed by atoms with Crippen molar-refractivity contribution < 1.29 is 19.1 Å². The largest absolute Gasteiger partial charge is 0.367 e. The van der Waals surface area contributed by atoms with E-state index >= 15 is 0 Å². The Morgan fingerprint density at radius 1 is 1.16 bits per heavy atom. The zero-order chi connectivity index (χ0) is 27.0.